The molecule has 0 fully saturated rings. The van der Waals surface area contributed by atoms with E-state index in [0.717, 1.165) is 0 Å². The maximum absolute atomic E-state index is 5.54. The van der Waals surface area contributed by atoms with Crippen LogP contribution in [0.5, 0.6) is 0 Å². The first-order valence-corrected chi connectivity index (χ1v) is 4.46. The molecule has 0 aliphatic heterocycles. The molecule has 0 aliphatic carbocycles. The number of nitrogen functional groups attached to an aromatic ring is 1. The van der Waals surface area contributed by atoms with Crippen molar-refractivity contribution in [2.75, 3.05) is 5.84 Å². The first-order chi connectivity index (χ1) is 7.84. The van der Waals surface area contributed by atoms with Gasteiger partial charge in [-0.25, -0.2) is 9.67 Å². The molecule has 0 spiro atoms. The second-order valence-electron chi connectivity index (χ2n) is 3.02. The van der Waals surface area contributed by atoms with Crippen LogP contribution in [-0.2, 0) is 0 Å². The standard InChI is InChI=1S/C8H7N7O/c9-14-5-11-15-7(12-13-8(14)15)10-4-6-2-1-3-16-6/h1-5H,9H2/b10-4-. The van der Waals surface area contributed by atoms with Crippen LogP contribution >= 0.6 is 0 Å². The Morgan fingerprint density at radius 2 is 2.38 bits per heavy atom. The number of nitrogens with zero attached hydrogens (tertiary/aromatic N) is 6. The van der Waals surface area contributed by atoms with E-state index in [-0.39, 0.29) is 0 Å². The fraction of sp³-hybridized carbons (Fsp3) is 0. The molecular weight excluding hydrogens is 210 g/mol. The maximum Gasteiger partial charge on any atom is 0.273 e. The minimum absolute atomic E-state index is 0.343. The second-order valence-corrected chi connectivity index (χ2v) is 3.02. The summed E-state index contributed by atoms with van der Waals surface area (Å²) in [4.78, 5) is 4.09. The molecule has 0 atom stereocenters. The molecule has 0 amide bonds. The lowest BCUT2D eigenvalue weighted by Gasteiger charge is -1.85. The third-order valence-corrected chi connectivity index (χ3v) is 1.98. The second kappa shape index (κ2) is 3.19. The van der Waals surface area contributed by atoms with Gasteiger partial charge in [-0.1, -0.05) is 0 Å². The summed E-state index contributed by atoms with van der Waals surface area (Å²) in [5, 5.41) is 11.6. The van der Waals surface area contributed by atoms with Crippen molar-refractivity contribution in [1.29, 1.82) is 0 Å². The van der Waals surface area contributed by atoms with Gasteiger partial charge < -0.3 is 10.3 Å². The summed E-state index contributed by atoms with van der Waals surface area (Å²) >= 11 is 0. The Morgan fingerprint density at radius 1 is 1.44 bits per heavy atom. The van der Waals surface area contributed by atoms with Gasteiger partial charge in [0.25, 0.3) is 11.7 Å². The molecule has 0 saturated carbocycles. The highest BCUT2D eigenvalue weighted by Crippen LogP contribution is 2.08. The minimum Gasteiger partial charge on any atom is -0.463 e. The van der Waals surface area contributed by atoms with Gasteiger partial charge in [-0.05, 0) is 12.1 Å². The van der Waals surface area contributed by atoms with Crippen molar-refractivity contribution in [2.45, 2.75) is 0 Å². The van der Waals surface area contributed by atoms with Crippen LogP contribution in [0.3, 0.4) is 0 Å². The van der Waals surface area contributed by atoms with E-state index in [1.165, 1.54) is 21.7 Å². The highest BCUT2D eigenvalue weighted by molar-refractivity contribution is 5.77. The summed E-state index contributed by atoms with van der Waals surface area (Å²) < 4.78 is 7.78. The van der Waals surface area contributed by atoms with E-state index >= 15 is 0 Å². The van der Waals surface area contributed by atoms with Crippen LogP contribution in [0.25, 0.3) is 5.78 Å². The van der Waals surface area contributed by atoms with Crippen molar-refractivity contribution in [3.8, 4) is 0 Å². The molecule has 8 heteroatoms. The van der Waals surface area contributed by atoms with E-state index in [4.69, 9.17) is 10.3 Å². The molecule has 3 aromatic heterocycles. The van der Waals surface area contributed by atoms with Crippen molar-refractivity contribution in [3.63, 3.8) is 0 Å². The SMILES string of the molecule is Nn1cnn2c(/N=C\c3ccco3)nnc12. The molecule has 3 aromatic rings. The average molecular weight is 217 g/mol. The average Bonchev–Trinajstić information content (AvgIpc) is 2.96. The molecule has 3 heterocycles. The van der Waals surface area contributed by atoms with E-state index in [9.17, 15) is 0 Å². The number of aliphatic imine (C=N–C) groups is 1. The Morgan fingerprint density at radius 3 is 3.19 bits per heavy atom. The van der Waals surface area contributed by atoms with Gasteiger partial charge in [0.1, 0.15) is 12.1 Å². The smallest absolute Gasteiger partial charge is 0.273 e. The van der Waals surface area contributed by atoms with Crippen LogP contribution < -0.4 is 5.84 Å². The van der Waals surface area contributed by atoms with Crippen molar-refractivity contribution in [2.24, 2.45) is 4.99 Å². The number of rotatable bonds is 2. The first kappa shape index (κ1) is 8.65. The summed E-state index contributed by atoms with van der Waals surface area (Å²) in [5.41, 5.74) is 0. The van der Waals surface area contributed by atoms with Gasteiger partial charge >= 0.3 is 0 Å². The maximum atomic E-state index is 5.54. The Bertz CT molecular complexity index is 632. The molecule has 0 aliphatic rings. The number of hydrogen-bond donors (Lipinski definition) is 1. The number of furan rings is 1. The zero-order chi connectivity index (χ0) is 11.0. The fourth-order valence-electron chi connectivity index (χ4n) is 1.25. The van der Waals surface area contributed by atoms with E-state index < -0.39 is 0 Å². The molecular formula is C8H7N7O. The first-order valence-electron chi connectivity index (χ1n) is 4.46. The lowest BCUT2D eigenvalue weighted by Crippen LogP contribution is -2.06. The third-order valence-electron chi connectivity index (χ3n) is 1.98. The van der Waals surface area contributed by atoms with Gasteiger partial charge in [-0.2, -0.15) is 9.61 Å². The van der Waals surface area contributed by atoms with Crippen LogP contribution in [0, 0.1) is 0 Å². The lowest BCUT2D eigenvalue weighted by atomic mass is 10.5. The molecule has 3 rings (SSSR count). The van der Waals surface area contributed by atoms with Crippen LogP contribution in [0.1, 0.15) is 5.76 Å². The molecule has 0 radical (unpaired) electrons. The number of hydrogen-bond acceptors (Lipinski definition) is 6. The summed E-state index contributed by atoms with van der Waals surface area (Å²) in [6, 6.07) is 3.55. The zero-order valence-electron chi connectivity index (χ0n) is 8.06. The molecule has 8 nitrogen and oxygen atoms in total. The van der Waals surface area contributed by atoms with Gasteiger partial charge in [0.05, 0.1) is 12.5 Å². The van der Waals surface area contributed by atoms with E-state index in [2.05, 4.69) is 20.3 Å². The molecule has 0 saturated heterocycles. The molecule has 0 unspecified atom stereocenters. The normalized spacial score (nSPS) is 11.8. The Balaban J connectivity index is 2.01. The van der Waals surface area contributed by atoms with Gasteiger partial charge in [0.15, 0.2) is 0 Å². The summed E-state index contributed by atoms with van der Waals surface area (Å²) in [6.07, 6.45) is 4.53. The summed E-state index contributed by atoms with van der Waals surface area (Å²) in [5.74, 6) is 6.94. The van der Waals surface area contributed by atoms with E-state index in [0.29, 0.717) is 17.5 Å². The Labute approximate surface area is 89.0 Å². The van der Waals surface area contributed by atoms with Gasteiger partial charge in [0, 0.05) is 0 Å². The largest absolute Gasteiger partial charge is 0.463 e. The van der Waals surface area contributed by atoms with Gasteiger partial charge in [0.2, 0.25) is 0 Å². The van der Waals surface area contributed by atoms with E-state index in [1.54, 1.807) is 18.4 Å². The van der Waals surface area contributed by atoms with E-state index in [1.807, 2.05) is 0 Å². The fourth-order valence-corrected chi connectivity index (χ4v) is 1.25. The Kier molecular flexibility index (Phi) is 1.72. The van der Waals surface area contributed by atoms with Crippen LogP contribution in [0.4, 0.5) is 5.95 Å². The molecule has 0 aromatic carbocycles. The predicted molar refractivity (Wildman–Crippen MR) is 54.9 cm³/mol. The van der Waals surface area contributed by atoms with Crippen molar-refractivity contribution >= 4 is 17.9 Å². The van der Waals surface area contributed by atoms with Crippen molar-refractivity contribution in [3.05, 3.63) is 30.5 Å². The number of aromatic nitrogens is 5. The summed E-state index contributed by atoms with van der Waals surface area (Å²) in [6.45, 7) is 0. The lowest BCUT2D eigenvalue weighted by molar-refractivity contribution is 0.560. The predicted octanol–water partition coefficient (Wildman–Crippen LogP) is -0.0168. The van der Waals surface area contributed by atoms with Gasteiger partial charge in [-0.3, -0.25) is 0 Å². The van der Waals surface area contributed by atoms with Crippen LogP contribution in [-0.4, -0.2) is 30.7 Å². The van der Waals surface area contributed by atoms with Crippen molar-refractivity contribution in [1.82, 2.24) is 24.5 Å². The molecule has 80 valence electrons. The summed E-state index contributed by atoms with van der Waals surface area (Å²) in [7, 11) is 0. The minimum atomic E-state index is 0.343. The number of fused-ring (bicyclic) bond motifs is 1. The topological polar surface area (TPSA) is 99.5 Å². The van der Waals surface area contributed by atoms with Crippen LogP contribution in [0.15, 0.2) is 34.1 Å². The quantitative estimate of drug-likeness (QED) is 0.480. The van der Waals surface area contributed by atoms with Crippen LogP contribution in [0.2, 0.25) is 0 Å². The highest BCUT2D eigenvalue weighted by atomic mass is 16.3. The van der Waals surface area contributed by atoms with Crippen molar-refractivity contribution < 1.29 is 4.42 Å². The molecule has 0 bridgehead atoms. The van der Waals surface area contributed by atoms with Gasteiger partial charge in [-0.15, -0.1) is 10.2 Å². The Hall–Kier alpha value is -2.64. The highest BCUT2D eigenvalue weighted by Gasteiger charge is 2.07. The molecule has 16 heavy (non-hydrogen) atoms. The third kappa shape index (κ3) is 1.24. The zero-order valence-corrected chi connectivity index (χ0v) is 8.06. The monoisotopic (exact) mass is 217 g/mol. The molecule has 2 N–H and O–H groups in total. The number of nitrogens with two attached hydrogens (primary N) is 1.